The summed E-state index contributed by atoms with van der Waals surface area (Å²) in [5.41, 5.74) is 4.80. The summed E-state index contributed by atoms with van der Waals surface area (Å²) in [6.45, 7) is 7.41. The van der Waals surface area contributed by atoms with Crippen molar-refractivity contribution in [3.8, 4) is 0 Å². The summed E-state index contributed by atoms with van der Waals surface area (Å²) in [7, 11) is 0. The third-order valence-corrected chi connectivity index (χ3v) is 6.65. The summed E-state index contributed by atoms with van der Waals surface area (Å²) in [6.07, 6.45) is 0.615. The van der Waals surface area contributed by atoms with Crippen LogP contribution in [-0.4, -0.2) is 34.9 Å². The average Bonchev–Trinajstić information content (AvgIpc) is 2.83. The number of halogens is 1. The topological polar surface area (TPSA) is 52.9 Å². The van der Waals surface area contributed by atoms with E-state index in [4.69, 9.17) is 4.99 Å². The molecule has 33 heavy (non-hydrogen) atoms. The first-order valence-electron chi connectivity index (χ1n) is 11.0. The van der Waals surface area contributed by atoms with Crippen molar-refractivity contribution in [1.82, 2.24) is 4.90 Å². The van der Waals surface area contributed by atoms with E-state index in [2.05, 4.69) is 52.5 Å². The normalized spacial score (nSPS) is 18.7. The van der Waals surface area contributed by atoms with Gasteiger partial charge in [0.15, 0.2) is 0 Å². The van der Waals surface area contributed by atoms with Crippen molar-refractivity contribution in [2.45, 2.75) is 19.3 Å². The molecule has 1 saturated heterocycles. The first-order valence-corrected chi connectivity index (χ1v) is 11.8. The zero-order valence-electron chi connectivity index (χ0n) is 18.6. The summed E-state index contributed by atoms with van der Waals surface area (Å²) >= 11 is 3.52. The number of hydrogen-bond acceptors (Lipinski definition) is 2. The Labute approximate surface area is 203 Å². The molecule has 1 N–H and O–H groups in total. The van der Waals surface area contributed by atoms with E-state index in [9.17, 15) is 9.90 Å². The second-order valence-corrected chi connectivity index (χ2v) is 9.41. The second-order valence-electron chi connectivity index (χ2n) is 8.49. The summed E-state index contributed by atoms with van der Waals surface area (Å²) in [5.74, 6) is -0.368. The molecule has 1 heterocycles. The Bertz CT molecular complexity index is 1190. The van der Waals surface area contributed by atoms with Crippen LogP contribution in [0.1, 0.15) is 34.6 Å². The maximum Gasteiger partial charge on any atom is 0.308 e. The Balaban J connectivity index is 1.77. The van der Waals surface area contributed by atoms with Gasteiger partial charge >= 0.3 is 5.97 Å². The molecule has 1 aliphatic heterocycles. The van der Waals surface area contributed by atoms with Crippen LogP contribution in [0.5, 0.6) is 0 Å². The van der Waals surface area contributed by atoms with Gasteiger partial charge in [-0.1, -0.05) is 89.2 Å². The lowest BCUT2D eigenvalue weighted by Crippen LogP contribution is -2.46. The lowest BCUT2D eigenvalue weighted by atomic mass is 9.84. The largest absolute Gasteiger partial charge is 0.481 e. The summed E-state index contributed by atoms with van der Waals surface area (Å²) in [4.78, 5) is 19.2. The van der Waals surface area contributed by atoms with Gasteiger partial charge < -0.3 is 10.0 Å². The number of aliphatic imine (C=N–C) groups is 1. The number of aliphatic carboxylic acids is 1. The van der Waals surface area contributed by atoms with Crippen molar-refractivity contribution in [3.05, 3.63) is 112 Å². The molecule has 5 heteroatoms. The van der Waals surface area contributed by atoms with E-state index in [0.717, 1.165) is 32.6 Å². The quantitative estimate of drug-likeness (QED) is 0.326. The zero-order chi connectivity index (χ0) is 23.4. The van der Waals surface area contributed by atoms with Crippen LogP contribution in [0.3, 0.4) is 0 Å². The van der Waals surface area contributed by atoms with E-state index < -0.39 is 11.9 Å². The van der Waals surface area contributed by atoms with Crippen LogP contribution in [0.4, 0.5) is 0 Å². The fourth-order valence-corrected chi connectivity index (χ4v) is 4.80. The molecule has 0 amide bonds. The highest BCUT2D eigenvalue weighted by Gasteiger charge is 2.34. The fraction of sp³-hybridized carbons (Fsp3) is 0.214. The number of piperidine rings is 1. The highest BCUT2D eigenvalue weighted by Crippen LogP contribution is 2.32. The number of carbonyl (C=O) groups is 1. The standard InChI is InChI=1S/C28H27BrN2O2/c1-19-9-6-7-14-26(19)27(30-20(2)22-12-8-13-25(29)16-22)31-17-23(15-24(18-31)28(32)33)21-10-4-3-5-11-21/h3-14,16,23-24H,2,15,17-18H2,1H3,(H,32,33). The van der Waals surface area contributed by atoms with Gasteiger partial charge in [0.05, 0.1) is 11.6 Å². The van der Waals surface area contributed by atoms with Gasteiger partial charge in [0.2, 0.25) is 0 Å². The molecule has 0 bridgehead atoms. The average molecular weight is 503 g/mol. The monoisotopic (exact) mass is 502 g/mol. The molecular formula is C28H27BrN2O2. The Morgan fingerprint density at radius 3 is 2.45 bits per heavy atom. The molecule has 0 saturated carbocycles. The third-order valence-electron chi connectivity index (χ3n) is 6.16. The van der Waals surface area contributed by atoms with Gasteiger partial charge in [-0.2, -0.15) is 0 Å². The van der Waals surface area contributed by atoms with Gasteiger partial charge in [-0.05, 0) is 36.6 Å². The Hall–Kier alpha value is -3.18. The first kappa shape index (κ1) is 23.0. The second kappa shape index (κ2) is 10.2. The SMILES string of the molecule is C=C(N=C(c1ccccc1C)N1CC(C(=O)O)CC(c2ccccc2)C1)c1cccc(Br)c1. The number of carboxylic acid groups (broad SMARTS) is 1. The maximum absolute atomic E-state index is 12.1. The fourth-order valence-electron chi connectivity index (χ4n) is 4.40. The number of nitrogens with zero attached hydrogens (tertiary/aromatic N) is 2. The maximum atomic E-state index is 12.1. The molecule has 3 aromatic rings. The molecule has 1 fully saturated rings. The van der Waals surface area contributed by atoms with Crippen molar-refractivity contribution in [2.24, 2.45) is 10.9 Å². The predicted octanol–water partition coefficient (Wildman–Crippen LogP) is 6.37. The summed E-state index contributed by atoms with van der Waals surface area (Å²) in [6, 6.07) is 26.2. The van der Waals surface area contributed by atoms with E-state index in [0.29, 0.717) is 25.2 Å². The summed E-state index contributed by atoms with van der Waals surface area (Å²) < 4.78 is 0.960. The molecule has 3 aromatic carbocycles. The van der Waals surface area contributed by atoms with Crippen molar-refractivity contribution in [1.29, 1.82) is 0 Å². The van der Waals surface area contributed by atoms with E-state index in [1.165, 1.54) is 0 Å². The molecule has 0 aromatic heterocycles. The smallest absolute Gasteiger partial charge is 0.308 e. The number of benzene rings is 3. The van der Waals surface area contributed by atoms with Crippen molar-refractivity contribution in [3.63, 3.8) is 0 Å². The molecule has 4 rings (SSSR count). The molecule has 0 aliphatic carbocycles. The third kappa shape index (κ3) is 5.42. The Morgan fingerprint density at radius 2 is 1.76 bits per heavy atom. The molecule has 4 nitrogen and oxygen atoms in total. The van der Waals surface area contributed by atoms with E-state index in [-0.39, 0.29) is 5.92 Å². The molecule has 2 unspecified atom stereocenters. The van der Waals surface area contributed by atoms with Crippen LogP contribution in [-0.2, 0) is 4.79 Å². The minimum atomic E-state index is -0.768. The lowest BCUT2D eigenvalue weighted by molar-refractivity contribution is -0.143. The van der Waals surface area contributed by atoms with E-state index >= 15 is 0 Å². The van der Waals surface area contributed by atoms with Gasteiger partial charge in [-0.3, -0.25) is 4.79 Å². The van der Waals surface area contributed by atoms with E-state index in [1.807, 2.05) is 60.7 Å². The lowest BCUT2D eigenvalue weighted by Gasteiger charge is -2.38. The highest BCUT2D eigenvalue weighted by atomic mass is 79.9. The molecule has 0 radical (unpaired) electrons. The summed E-state index contributed by atoms with van der Waals surface area (Å²) in [5, 5.41) is 9.93. The number of aryl methyl sites for hydroxylation is 1. The van der Waals surface area contributed by atoms with Gasteiger partial charge in [0, 0.05) is 34.6 Å². The van der Waals surface area contributed by atoms with Gasteiger partial charge in [0.25, 0.3) is 0 Å². The number of hydrogen-bond donors (Lipinski definition) is 1. The molecule has 1 aliphatic rings. The molecular weight excluding hydrogens is 476 g/mol. The predicted molar refractivity (Wildman–Crippen MR) is 137 cm³/mol. The van der Waals surface area contributed by atoms with Crippen LogP contribution < -0.4 is 0 Å². The van der Waals surface area contributed by atoms with Crippen LogP contribution in [0.25, 0.3) is 5.70 Å². The van der Waals surface area contributed by atoms with Crippen LogP contribution in [0.15, 0.2) is 94.9 Å². The van der Waals surface area contributed by atoms with Gasteiger partial charge in [-0.25, -0.2) is 4.99 Å². The van der Waals surface area contributed by atoms with Crippen molar-refractivity contribution in [2.75, 3.05) is 13.1 Å². The number of rotatable bonds is 5. The molecule has 0 spiro atoms. The Kier molecular flexibility index (Phi) is 7.09. The van der Waals surface area contributed by atoms with Gasteiger partial charge in [-0.15, -0.1) is 0 Å². The minimum absolute atomic E-state index is 0.106. The number of amidine groups is 1. The van der Waals surface area contributed by atoms with E-state index in [1.54, 1.807) is 0 Å². The van der Waals surface area contributed by atoms with Crippen molar-refractivity contribution < 1.29 is 9.90 Å². The van der Waals surface area contributed by atoms with Crippen LogP contribution in [0, 0.1) is 12.8 Å². The zero-order valence-corrected chi connectivity index (χ0v) is 20.2. The van der Waals surface area contributed by atoms with Gasteiger partial charge in [0.1, 0.15) is 5.84 Å². The molecule has 2 atom stereocenters. The minimum Gasteiger partial charge on any atom is -0.481 e. The van der Waals surface area contributed by atoms with Crippen LogP contribution in [0.2, 0.25) is 0 Å². The highest BCUT2D eigenvalue weighted by molar-refractivity contribution is 9.10. The van der Waals surface area contributed by atoms with Crippen LogP contribution >= 0.6 is 15.9 Å². The van der Waals surface area contributed by atoms with Crippen molar-refractivity contribution >= 4 is 33.4 Å². The first-order chi connectivity index (χ1) is 15.9. The Morgan fingerprint density at radius 1 is 1.03 bits per heavy atom. The molecule has 168 valence electrons. The number of likely N-dealkylation sites (tertiary alicyclic amines) is 1. The number of carboxylic acids is 1.